The topological polar surface area (TPSA) is 123 Å². The van der Waals surface area contributed by atoms with Crippen molar-refractivity contribution >= 4 is 29.1 Å². The van der Waals surface area contributed by atoms with Crippen LogP contribution in [-0.2, 0) is 11.3 Å². The van der Waals surface area contributed by atoms with Gasteiger partial charge in [-0.05, 0) is 54.1 Å². The summed E-state index contributed by atoms with van der Waals surface area (Å²) in [4.78, 5) is 36.0. The van der Waals surface area contributed by atoms with Crippen molar-refractivity contribution in [1.82, 2.24) is 29.8 Å². The van der Waals surface area contributed by atoms with Crippen molar-refractivity contribution in [3.63, 3.8) is 0 Å². The molecule has 0 unspecified atom stereocenters. The first-order valence-electron chi connectivity index (χ1n) is 13.6. The number of rotatable bonds is 8. The van der Waals surface area contributed by atoms with Gasteiger partial charge < -0.3 is 25.0 Å². The van der Waals surface area contributed by atoms with Crippen LogP contribution in [0.1, 0.15) is 26.4 Å². The minimum absolute atomic E-state index is 0.0697. The molecule has 5 aromatic rings. The van der Waals surface area contributed by atoms with Gasteiger partial charge in [0.1, 0.15) is 17.3 Å². The number of methoxy groups -OCH3 is 1. The number of carbonyl (C=O) groups excluding carboxylic acids is 2. The molecule has 0 bridgehead atoms. The van der Waals surface area contributed by atoms with Crippen molar-refractivity contribution < 1.29 is 23.5 Å². The van der Waals surface area contributed by atoms with E-state index >= 15 is 0 Å². The fourth-order valence-electron chi connectivity index (χ4n) is 4.68. The molecule has 0 spiro atoms. The Morgan fingerprint density at radius 1 is 1.00 bits per heavy atom. The number of hydrogen-bond acceptors (Lipinski definition) is 8. The van der Waals surface area contributed by atoms with Gasteiger partial charge in [-0.1, -0.05) is 18.2 Å². The van der Waals surface area contributed by atoms with E-state index in [-0.39, 0.29) is 29.9 Å². The van der Waals surface area contributed by atoms with Gasteiger partial charge in [0.25, 0.3) is 11.8 Å². The van der Waals surface area contributed by atoms with E-state index < -0.39 is 0 Å². The summed E-state index contributed by atoms with van der Waals surface area (Å²) in [6, 6.07) is 18.3. The van der Waals surface area contributed by atoms with Crippen LogP contribution in [-0.4, -0.2) is 69.7 Å². The van der Waals surface area contributed by atoms with Gasteiger partial charge in [0.15, 0.2) is 5.65 Å². The molecule has 1 aliphatic heterocycles. The molecule has 0 saturated carbocycles. The lowest BCUT2D eigenvalue weighted by molar-refractivity contribution is 0.0302. The molecule has 2 N–H and O–H groups in total. The molecule has 218 valence electrons. The number of amides is 2. The number of nitrogens with one attached hydrogen (secondary N) is 2. The van der Waals surface area contributed by atoms with E-state index in [1.165, 1.54) is 12.1 Å². The van der Waals surface area contributed by atoms with Gasteiger partial charge in [-0.2, -0.15) is 4.98 Å². The highest BCUT2D eigenvalue weighted by Gasteiger charge is 2.20. The number of ether oxygens (including phenoxy) is 2. The second-order valence-electron chi connectivity index (χ2n) is 9.84. The van der Waals surface area contributed by atoms with Gasteiger partial charge >= 0.3 is 0 Å². The van der Waals surface area contributed by atoms with Gasteiger partial charge in [-0.25, -0.2) is 8.91 Å². The smallest absolute Gasteiger partial charge is 0.270 e. The maximum absolute atomic E-state index is 13.1. The molecule has 1 saturated heterocycles. The number of halogens is 1. The van der Waals surface area contributed by atoms with Crippen molar-refractivity contribution in [3.05, 3.63) is 102 Å². The average molecular weight is 582 g/mol. The summed E-state index contributed by atoms with van der Waals surface area (Å²) in [5.41, 5.74) is 4.45. The molecule has 0 aliphatic carbocycles. The van der Waals surface area contributed by atoms with Crippen molar-refractivity contribution in [3.8, 4) is 16.9 Å². The Labute approximate surface area is 246 Å². The summed E-state index contributed by atoms with van der Waals surface area (Å²) in [6.07, 6.45) is 3.44. The molecule has 11 nitrogen and oxygen atoms in total. The minimum atomic E-state index is -0.327. The van der Waals surface area contributed by atoms with Gasteiger partial charge in [0.2, 0.25) is 5.95 Å². The number of fused-ring (bicyclic) bond motifs is 1. The molecule has 2 aromatic carbocycles. The average Bonchev–Trinajstić information content (AvgIpc) is 3.46. The third-order valence-corrected chi connectivity index (χ3v) is 7.02. The van der Waals surface area contributed by atoms with Crippen LogP contribution in [0.25, 0.3) is 16.8 Å². The van der Waals surface area contributed by atoms with Crippen molar-refractivity contribution in [2.24, 2.45) is 0 Å². The lowest BCUT2D eigenvalue weighted by Gasteiger charge is -2.27. The summed E-state index contributed by atoms with van der Waals surface area (Å²) < 4.78 is 25.6. The van der Waals surface area contributed by atoms with E-state index in [0.29, 0.717) is 54.9 Å². The highest BCUT2D eigenvalue weighted by Crippen LogP contribution is 2.29. The molecule has 0 atom stereocenters. The van der Waals surface area contributed by atoms with Crippen molar-refractivity contribution in [1.29, 1.82) is 0 Å². The van der Waals surface area contributed by atoms with Crippen molar-refractivity contribution in [2.75, 3.05) is 38.7 Å². The van der Waals surface area contributed by atoms with Crippen LogP contribution in [0, 0.1) is 5.82 Å². The number of hydrogen-bond donors (Lipinski definition) is 2. The van der Waals surface area contributed by atoms with E-state index in [1.807, 2.05) is 24.4 Å². The molecule has 12 heteroatoms. The second-order valence-corrected chi connectivity index (χ2v) is 9.84. The molecule has 0 radical (unpaired) electrons. The lowest BCUT2D eigenvalue weighted by atomic mass is 10.1. The van der Waals surface area contributed by atoms with Crippen molar-refractivity contribution in [2.45, 2.75) is 6.54 Å². The Morgan fingerprint density at radius 3 is 2.53 bits per heavy atom. The third kappa shape index (κ3) is 6.28. The predicted octanol–water partition coefficient (Wildman–Crippen LogP) is 4.09. The van der Waals surface area contributed by atoms with Crippen LogP contribution < -0.4 is 15.4 Å². The lowest BCUT2D eigenvalue weighted by Crippen LogP contribution is -2.40. The fourth-order valence-corrected chi connectivity index (χ4v) is 4.68. The van der Waals surface area contributed by atoms with E-state index in [1.54, 1.807) is 59.1 Å². The summed E-state index contributed by atoms with van der Waals surface area (Å²) >= 11 is 0. The summed E-state index contributed by atoms with van der Waals surface area (Å²) in [6.45, 7) is 2.45. The number of benzene rings is 2. The van der Waals surface area contributed by atoms with Crippen LogP contribution in [0.2, 0.25) is 0 Å². The normalized spacial score (nSPS) is 13.1. The first-order valence-corrected chi connectivity index (χ1v) is 13.6. The molecule has 1 aliphatic rings. The molecule has 4 heterocycles. The number of anilines is 2. The number of aromatic nitrogens is 4. The van der Waals surface area contributed by atoms with E-state index in [0.717, 1.165) is 16.7 Å². The molecule has 3 aromatic heterocycles. The maximum Gasteiger partial charge on any atom is 0.270 e. The summed E-state index contributed by atoms with van der Waals surface area (Å²) in [5, 5.41) is 10.5. The second kappa shape index (κ2) is 12.2. The first-order chi connectivity index (χ1) is 21.0. The first kappa shape index (κ1) is 27.8. The molecule has 2 amide bonds. The minimum Gasteiger partial charge on any atom is -0.495 e. The SMILES string of the molecule is COc1cc(C(=O)N2CCOCC2)ccc1Nc1nc2ccc(-c3ccc(C(=O)NCc4ccc(F)cc4)nc3)cn2n1. The molecular formula is C31H28FN7O4. The zero-order chi connectivity index (χ0) is 29.8. The van der Waals surface area contributed by atoms with Crippen LogP contribution in [0.4, 0.5) is 16.0 Å². The van der Waals surface area contributed by atoms with Gasteiger partial charge in [0, 0.05) is 48.7 Å². The number of pyridine rings is 2. The van der Waals surface area contributed by atoms with E-state index in [4.69, 9.17) is 9.47 Å². The predicted molar refractivity (Wildman–Crippen MR) is 157 cm³/mol. The number of nitrogens with zero attached hydrogens (tertiary/aromatic N) is 5. The van der Waals surface area contributed by atoms with Gasteiger partial charge in [-0.3, -0.25) is 14.6 Å². The van der Waals surface area contributed by atoms with Crippen LogP contribution in [0.3, 0.4) is 0 Å². The molecular weight excluding hydrogens is 553 g/mol. The Morgan fingerprint density at radius 2 is 1.79 bits per heavy atom. The van der Waals surface area contributed by atoms with Crippen LogP contribution in [0.5, 0.6) is 5.75 Å². The summed E-state index contributed by atoms with van der Waals surface area (Å²) in [5.74, 6) is 0.125. The highest BCUT2D eigenvalue weighted by molar-refractivity contribution is 5.95. The third-order valence-electron chi connectivity index (χ3n) is 7.02. The Balaban J connectivity index is 1.13. The quantitative estimate of drug-likeness (QED) is 0.281. The Bertz CT molecular complexity index is 1770. The molecule has 6 rings (SSSR count). The van der Waals surface area contributed by atoms with E-state index in [9.17, 15) is 14.0 Å². The zero-order valence-corrected chi connectivity index (χ0v) is 23.3. The molecule has 1 fully saturated rings. The largest absolute Gasteiger partial charge is 0.495 e. The van der Waals surface area contributed by atoms with Gasteiger partial charge in [-0.15, -0.1) is 5.10 Å². The Hall–Kier alpha value is -5.36. The maximum atomic E-state index is 13.1. The monoisotopic (exact) mass is 581 g/mol. The zero-order valence-electron chi connectivity index (χ0n) is 23.3. The Kier molecular flexibility index (Phi) is 7.92. The number of morpholine rings is 1. The number of carbonyl (C=O) groups is 2. The van der Waals surface area contributed by atoms with Gasteiger partial charge in [0.05, 0.1) is 26.0 Å². The standard InChI is InChI=1S/C31H28FN7O4/c1-42-27-16-21(30(41)38-12-14-43-15-13-38)4-9-25(27)35-31-36-28-11-6-23(19-39(28)37-31)22-5-10-26(33-18-22)29(40)34-17-20-2-7-24(32)8-3-20/h2-11,16,18-19H,12-15,17H2,1H3,(H,34,40)(H,35,37). The molecule has 43 heavy (non-hydrogen) atoms. The van der Waals surface area contributed by atoms with Crippen LogP contribution >= 0.6 is 0 Å². The van der Waals surface area contributed by atoms with Crippen LogP contribution in [0.15, 0.2) is 79.1 Å². The summed E-state index contributed by atoms with van der Waals surface area (Å²) in [7, 11) is 1.54. The van der Waals surface area contributed by atoms with E-state index in [2.05, 4.69) is 25.7 Å². The fraction of sp³-hybridized carbons (Fsp3) is 0.194. The highest BCUT2D eigenvalue weighted by atomic mass is 19.1.